The lowest BCUT2D eigenvalue weighted by molar-refractivity contribution is 0.602. The zero-order valence-electron chi connectivity index (χ0n) is 22.3. The summed E-state index contributed by atoms with van der Waals surface area (Å²) < 4.78 is 3.68. The number of benzene rings is 5. The number of para-hydroxylation sites is 1. The molecule has 1 nitrogen and oxygen atoms in total. The van der Waals surface area contributed by atoms with Crippen LogP contribution in [-0.4, -0.2) is 4.57 Å². The molecule has 5 aromatic carbocycles. The van der Waals surface area contributed by atoms with Crippen molar-refractivity contribution in [2.75, 3.05) is 0 Å². The fourth-order valence-corrected chi connectivity index (χ4v) is 7.56. The summed E-state index contributed by atoms with van der Waals surface area (Å²) in [5.41, 5.74) is 10.2. The van der Waals surface area contributed by atoms with Crippen LogP contribution in [0.15, 0.2) is 120 Å². The lowest BCUT2D eigenvalue weighted by Gasteiger charge is -2.34. The van der Waals surface area contributed by atoms with Gasteiger partial charge in [0, 0.05) is 32.8 Å². The number of aryl methyl sites for hydroxylation is 1. The van der Waals surface area contributed by atoms with E-state index in [9.17, 15) is 0 Å². The van der Waals surface area contributed by atoms with Crippen LogP contribution in [0.2, 0.25) is 0 Å². The molecular weight excluding hydrogens is 538 g/mol. The molecule has 0 bridgehead atoms. The molecule has 0 amide bonds. The van der Waals surface area contributed by atoms with Crippen LogP contribution in [0.25, 0.3) is 32.9 Å². The molecule has 7 rings (SSSR count). The first-order chi connectivity index (χ1) is 19.2. The van der Waals surface area contributed by atoms with E-state index in [0.717, 1.165) is 11.0 Å². The molecule has 1 aromatic heterocycles. The number of hydrogen-bond acceptors (Lipinski definition) is 0. The van der Waals surface area contributed by atoms with E-state index in [1.165, 1.54) is 80.9 Å². The highest BCUT2D eigenvalue weighted by molar-refractivity contribution is 9.10. The first-order valence-electron chi connectivity index (χ1n) is 14.2. The Morgan fingerprint density at radius 1 is 0.590 bits per heavy atom. The normalized spacial score (nSPS) is 13.6. The predicted octanol–water partition coefficient (Wildman–Crippen LogP) is 10.5. The third-order valence-electron chi connectivity index (χ3n) is 8.67. The number of rotatable bonds is 7. The smallest absolute Gasteiger partial charge is 0.0724 e. The van der Waals surface area contributed by atoms with Crippen LogP contribution in [0.4, 0.5) is 0 Å². The van der Waals surface area contributed by atoms with Crippen LogP contribution in [0.3, 0.4) is 0 Å². The second kappa shape index (κ2) is 9.84. The van der Waals surface area contributed by atoms with Gasteiger partial charge in [-0.25, -0.2) is 0 Å². The lowest BCUT2D eigenvalue weighted by atomic mass is 9.67. The minimum atomic E-state index is -0.411. The van der Waals surface area contributed by atoms with Crippen LogP contribution in [0.5, 0.6) is 0 Å². The molecule has 0 spiro atoms. The molecule has 6 aromatic rings. The molecule has 0 aliphatic heterocycles. The quantitative estimate of drug-likeness (QED) is 0.168. The molecule has 0 saturated carbocycles. The standard InChI is InChI=1S/C37H32BrN/c1-2-3-4-13-24-39-35-21-12-7-16-29(35)30-25-26(22-23-36(30)39)37(33-19-10-11-20-34(33)38)31-17-8-5-14-27(31)28-15-6-9-18-32(28)37/h5-12,14-23,25H,2-4,13,24H2,1H3. The van der Waals surface area contributed by atoms with Crippen molar-refractivity contribution in [3.05, 3.63) is 142 Å². The number of fused-ring (bicyclic) bond motifs is 6. The van der Waals surface area contributed by atoms with E-state index in [0.29, 0.717) is 0 Å². The second-order valence-corrected chi connectivity index (χ2v) is 11.6. The molecule has 0 fully saturated rings. The van der Waals surface area contributed by atoms with Gasteiger partial charge in [0.15, 0.2) is 0 Å². The zero-order valence-corrected chi connectivity index (χ0v) is 23.9. The van der Waals surface area contributed by atoms with Gasteiger partial charge in [-0.1, -0.05) is 133 Å². The highest BCUT2D eigenvalue weighted by Crippen LogP contribution is 2.57. The van der Waals surface area contributed by atoms with Gasteiger partial charge < -0.3 is 4.57 Å². The van der Waals surface area contributed by atoms with Gasteiger partial charge in [-0.3, -0.25) is 0 Å². The van der Waals surface area contributed by atoms with Crippen molar-refractivity contribution < 1.29 is 0 Å². The van der Waals surface area contributed by atoms with Crippen LogP contribution < -0.4 is 0 Å². The SMILES string of the molecule is CCCCCCn1c2ccccc2c2cc(C3(c4ccccc4Br)c4ccccc4-c4ccccc43)ccc21. The van der Waals surface area contributed by atoms with Gasteiger partial charge in [0.2, 0.25) is 0 Å². The van der Waals surface area contributed by atoms with E-state index in [1.807, 2.05) is 0 Å². The Morgan fingerprint density at radius 2 is 1.21 bits per heavy atom. The summed E-state index contributed by atoms with van der Waals surface area (Å²) in [6.45, 7) is 3.34. The Kier molecular flexibility index (Phi) is 6.16. The number of hydrogen-bond donors (Lipinski definition) is 0. The average Bonchev–Trinajstić information content (AvgIpc) is 3.46. The molecule has 1 heterocycles. The Morgan fingerprint density at radius 3 is 1.92 bits per heavy atom. The molecule has 1 aliphatic carbocycles. The number of unbranched alkanes of at least 4 members (excludes halogenated alkanes) is 3. The molecule has 192 valence electrons. The Balaban J connectivity index is 1.54. The van der Waals surface area contributed by atoms with Crippen LogP contribution >= 0.6 is 15.9 Å². The summed E-state index contributed by atoms with van der Waals surface area (Å²) in [7, 11) is 0. The van der Waals surface area contributed by atoms with Gasteiger partial charge in [0.05, 0.1) is 5.41 Å². The Bertz CT molecular complexity index is 1780. The number of nitrogens with zero attached hydrogens (tertiary/aromatic N) is 1. The monoisotopic (exact) mass is 569 g/mol. The minimum absolute atomic E-state index is 0.411. The first-order valence-corrected chi connectivity index (χ1v) is 15.0. The highest BCUT2D eigenvalue weighted by Gasteiger charge is 2.46. The molecule has 0 N–H and O–H groups in total. The van der Waals surface area contributed by atoms with Crippen molar-refractivity contribution in [2.24, 2.45) is 0 Å². The van der Waals surface area contributed by atoms with E-state index in [1.54, 1.807) is 0 Å². The van der Waals surface area contributed by atoms with E-state index < -0.39 is 5.41 Å². The van der Waals surface area contributed by atoms with Crippen LogP contribution in [0.1, 0.15) is 54.9 Å². The summed E-state index contributed by atoms with van der Waals surface area (Å²) in [6.07, 6.45) is 5.05. The molecule has 0 saturated heterocycles. The maximum Gasteiger partial charge on any atom is 0.0724 e. The third kappa shape index (κ3) is 3.65. The third-order valence-corrected chi connectivity index (χ3v) is 9.36. The van der Waals surface area contributed by atoms with Crippen molar-refractivity contribution in [3.8, 4) is 11.1 Å². The van der Waals surface area contributed by atoms with Gasteiger partial charge >= 0.3 is 0 Å². The maximum absolute atomic E-state index is 3.97. The molecule has 0 atom stereocenters. The summed E-state index contributed by atoms with van der Waals surface area (Å²) in [6, 6.07) is 42.9. The fraction of sp³-hybridized carbons (Fsp3) is 0.189. The number of halogens is 1. The predicted molar refractivity (Wildman–Crippen MR) is 169 cm³/mol. The zero-order chi connectivity index (χ0) is 26.4. The second-order valence-electron chi connectivity index (χ2n) is 10.8. The van der Waals surface area contributed by atoms with Gasteiger partial charge in [-0.2, -0.15) is 0 Å². The van der Waals surface area contributed by atoms with Crippen molar-refractivity contribution in [3.63, 3.8) is 0 Å². The summed E-state index contributed by atoms with van der Waals surface area (Å²) in [5.74, 6) is 0. The van der Waals surface area contributed by atoms with Crippen LogP contribution in [-0.2, 0) is 12.0 Å². The summed E-state index contributed by atoms with van der Waals surface area (Å²) in [5, 5.41) is 2.68. The average molecular weight is 571 g/mol. The number of aromatic nitrogens is 1. The Labute approximate surface area is 239 Å². The summed E-state index contributed by atoms with van der Waals surface area (Å²) >= 11 is 3.97. The van der Waals surface area contributed by atoms with Gasteiger partial charge in [0.25, 0.3) is 0 Å². The topological polar surface area (TPSA) is 4.93 Å². The Hall–Kier alpha value is -3.62. The van der Waals surface area contributed by atoms with Crippen molar-refractivity contribution in [2.45, 2.75) is 44.6 Å². The minimum Gasteiger partial charge on any atom is -0.340 e. The maximum atomic E-state index is 3.97. The van der Waals surface area contributed by atoms with E-state index in [2.05, 4.69) is 143 Å². The van der Waals surface area contributed by atoms with Crippen molar-refractivity contribution in [1.82, 2.24) is 4.57 Å². The van der Waals surface area contributed by atoms with E-state index >= 15 is 0 Å². The van der Waals surface area contributed by atoms with E-state index in [-0.39, 0.29) is 0 Å². The fourth-order valence-electron chi connectivity index (χ4n) is 6.98. The van der Waals surface area contributed by atoms with E-state index in [4.69, 9.17) is 0 Å². The highest BCUT2D eigenvalue weighted by atomic mass is 79.9. The van der Waals surface area contributed by atoms with Gasteiger partial charge in [-0.05, 0) is 64.1 Å². The van der Waals surface area contributed by atoms with Crippen molar-refractivity contribution >= 4 is 37.7 Å². The molecule has 2 heteroatoms. The largest absolute Gasteiger partial charge is 0.340 e. The van der Waals surface area contributed by atoms with Gasteiger partial charge in [0.1, 0.15) is 0 Å². The molecule has 0 unspecified atom stereocenters. The first kappa shape index (κ1) is 24.4. The molecule has 1 aliphatic rings. The molecular formula is C37H32BrN. The van der Waals surface area contributed by atoms with Crippen molar-refractivity contribution in [1.29, 1.82) is 0 Å². The molecule has 39 heavy (non-hydrogen) atoms. The lowest BCUT2D eigenvalue weighted by Crippen LogP contribution is -2.29. The molecule has 0 radical (unpaired) electrons. The van der Waals surface area contributed by atoms with Gasteiger partial charge in [-0.15, -0.1) is 0 Å². The summed E-state index contributed by atoms with van der Waals surface area (Å²) in [4.78, 5) is 0. The van der Waals surface area contributed by atoms with Crippen LogP contribution in [0, 0.1) is 0 Å².